The molecule has 2 aliphatic rings. The summed E-state index contributed by atoms with van der Waals surface area (Å²) >= 11 is 0. The molecule has 27 heavy (non-hydrogen) atoms. The second-order valence-corrected chi connectivity index (χ2v) is 7.28. The number of nitrogens with one attached hydrogen (secondary N) is 1. The van der Waals surface area contributed by atoms with E-state index in [1.807, 2.05) is 6.92 Å². The van der Waals surface area contributed by atoms with Gasteiger partial charge in [0.1, 0.15) is 0 Å². The van der Waals surface area contributed by atoms with Gasteiger partial charge in [0, 0.05) is 31.6 Å². The first-order valence-electron chi connectivity index (χ1n) is 9.04. The van der Waals surface area contributed by atoms with E-state index >= 15 is 0 Å². The molecule has 1 aromatic carbocycles. The van der Waals surface area contributed by atoms with E-state index in [0.717, 1.165) is 5.56 Å². The van der Waals surface area contributed by atoms with Gasteiger partial charge in [0.2, 0.25) is 11.8 Å². The molecule has 8 heteroatoms. The van der Waals surface area contributed by atoms with Crippen LogP contribution in [0.1, 0.15) is 31.7 Å². The predicted octanol–water partition coefficient (Wildman–Crippen LogP) is 1.91. The molecule has 0 bridgehead atoms. The fraction of sp³-hybridized carbons (Fsp3) is 0.474. The van der Waals surface area contributed by atoms with Crippen LogP contribution in [0, 0.1) is 11.8 Å². The first kappa shape index (κ1) is 18.9. The number of nitrogens with zero attached hydrogens (tertiary/aromatic N) is 2. The van der Waals surface area contributed by atoms with Crippen molar-refractivity contribution in [3.8, 4) is 0 Å². The maximum atomic E-state index is 12.5. The van der Waals surface area contributed by atoms with Gasteiger partial charge in [-0.05, 0) is 30.0 Å². The van der Waals surface area contributed by atoms with Gasteiger partial charge in [-0.25, -0.2) is 4.79 Å². The summed E-state index contributed by atoms with van der Waals surface area (Å²) in [6.45, 7) is 2.89. The highest BCUT2D eigenvalue weighted by molar-refractivity contribution is 6.01. The molecule has 3 rings (SSSR count). The zero-order valence-electron chi connectivity index (χ0n) is 15.2. The summed E-state index contributed by atoms with van der Waals surface area (Å²) in [6.07, 6.45) is 1.10. The van der Waals surface area contributed by atoms with Gasteiger partial charge in [-0.3, -0.25) is 19.3 Å². The molecule has 2 heterocycles. The van der Waals surface area contributed by atoms with Crippen LogP contribution in [0.15, 0.2) is 24.3 Å². The molecule has 2 fully saturated rings. The van der Waals surface area contributed by atoms with Crippen molar-refractivity contribution in [3.63, 3.8) is 0 Å². The van der Waals surface area contributed by atoms with Crippen molar-refractivity contribution < 1.29 is 24.3 Å². The second kappa shape index (κ2) is 7.77. The first-order chi connectivity index (χ1) is 12.8. The lowest BCUT2D eigenvalue weighted by molar-refractivity contribution is -0.144. The smallest absolute Gasteiger partial charge is 0.321 e. The van der Waals surface area contributed by atoms with E-state index in [4.69, 9.17) is 0 Å². The third kappa shape index (κ3) is 4.45. The minimum absolute atomic E-state index is 0.128. The van der Waals surface area contributed by atoms with Crippen LogP contribution in [0.3, 0.4) is 0 Å². The molecule has 144 valence electrons. The van der Waals surface area contributed by atoms with Crippen molar-refractivity contribution in [1.29, 1.82) is 0 Å². The van der Waals surface area contributed by atoms with E-state index < -0.39 is 11.9 Å². The Balaban J connectivity index is 1.59. The van der Waals surface area contributed by atoms with Crippen LogP contribution in [0.2, 0.25) is 0 Å². The monoisotopic (exact) mass is 373 g/mol. The largest absolute Gasteiger partial charge is 0.481 e. The van der Waals surface area contributed by atoms with Crippen molar-refractivity contribution >= 4 is 29.5 Å². The van der Waals surface area contributed by atoms with E-state index in [9.17, 15) is 24.3 Å². The van der Waals surface area contributed by atoms with Crippen molar-refractivity contribution in [1.82, 2.24) is 9.80 Å². The van der Waals surface area contributed by atoms with E-state index in [0.29, 0.717) is 18.7 Å². The molecule has 1 aromatic rings. The molecule has 2 saturated heterocycles. The SMILES string of the molecule is CC1CC(C(=O)O)CN(C(=O)Nc2ccc(CN3C(=O)CCC3=O)cc2)C1. The van der Waals surface area contributed by atoms with Crippen LogP contribution in [0.4, 0.5) is 10.5 Å². The third-order valence-electron chi connectivity index (χ3n) is 5.00. The molecule has 4 amide bonds. The molecule has 0 spiro atoms. The molecular formula is C19H23N3O5. The number of hydrogen-bond acceptors (Lipinski definition) is 4. The van der Waals surface area contributed by atoms with Crippen molar-refractivity contribution in [3.05, 3.63) is 29.8 Å². The summed E-state index contributed by atoms with van der Waals surface area (Å²) in [7, 11) is 0. The molecule has 0 aliphatic carbocycles. The van der Waals surface area contributed by atoms with Gasteiger partial charge in [-0.1, -0.05) is 19.1 Å². The average molecular weight is 373 g/mol. The van der Waals surface area contributed by atoms with Gasteiger partial charge < -0.3 is 15.3 Å². The van der Waals surface area contributed by atoms with Crippen LogP contribution >= 0.6 is 0 Å². The van der Waals surface area contributed by atoms with Crippen molar-refractivity contribution in [2.75, 3.05) is 18.4 Å². The summed E-state index contributed by atoms with van der Waals surface area (Å²) in [6, 6.07) is 6.60. The zero-order valence-corrected chi connectivity index (χ0v) is 15.2. The summed E-state index contributed by atoms with van der Waals surface area (Å²) in [5.74, 6) is -1.62. The quantitative estimate of drug-likeness (QED) is 0.784. The number of benzene rings is 1. The second-order valence-electron chi connectivity index (χ2n) is 7.28. The van der Waals surface area contributed by atoms with Crippen LogP contribution < -0.4 is 5.32 Å². The summed E-state index contributed by atoms with van der Waals surface area (Å²) in [4.78, 5) is 49.8. The molecule has 2 unspecified atom stereocenters. The van der Waals surface area contributed by atoms with Crippen LogP contribution in [-0.2, 0) is 20.9 Å². The lowest BCUT2D eigenvalue weighted by atomic mass is 9.91. The third-order valence-corrected chi connectivity index (χ3v) is 5.00. The number of carbonyl (C=O) groups is 4. The fourth-order valence-electron chi connectivity index (χ4n) is 3.57. The normalized spacial score (nSPS) is 22.9. The number of carboxylic acid groups (broad SMARTS) is 1. The number of imide groups is 1. The number of urea groups is 1. The Morgan fingerprint density at radius 1 is 1.11 bits per heavy atom. The van der Waals surface area contributed by atoms with Crippen LogP contribution in [-0.4, -0.2) is 51.8 Å². The highest BCUT2D eigenvalue weighted by atomic mass is 16.4. The summed E-state index contributed by atoms with van der Waals surface area (Å²) < 4.78 is 0. The van der Waals surface area contributed by atoms with Gasteiger partial charge in [-0.15, -0.1) is 0 Å². The van der Waals surface area contributed by atoms with Crippen molar-refractivity contribution in [2.45, 2.75) is 32.7 Å². The fourth-order valence-corrected chi connectivity index (χ4v) is 3.57. The minimum Gasteiger partial charge on any atom is -0.481 e. The minimum atomic E-state index is -0.880. The molecule has 0 aromatic heterocycles. The Labute approximate surface area is 157 Å². The number of carbonyl (C=O) groups excluding carboxylic acids is 3. The Morgan fingerprint density at radius 3 is 2.33 bits per heavy atom. The number of carboxylic acids is 1. The highest BCUT2D eigenvalue weighted by Crippen LogP contribution is 2.23. The number of piperidine rings is 1. The van der Waals surface area contributed by atoms with E-state index in [2.05, 4.69) is 5.32 Å². The molecule has 8 nitrogen and oxygen atoms in total. The van der Waals surface area contributed by atoms with E-state index in [1.54, 1.807) is 24.3 Å². The number of amides is 4. The molecule has 2 aliphatic heterocycles. The summed E-state index contributed by atoms with van der Waals surface area (Å²) in [5, 5.41) is 12.0. The number of hydrogen-bond donors (Lipinski definition) is 2. The summed E-state index contributed by atoms with van der Waals surface area (Å²) in [5.41, 5.74) is 1.38. The topological polar surface area (TPSA) is 107 Å². The Bertz CT molecular complexity index is 745. The van der Waals surface area contributed by atoms with Gasteiger partial charge in [0.05, 0.1) is 12.5 Å². The predicted molar refractivity (Wildman–Crippen MR) is 96.7 cm³/mol. The number of likely N-dealkylation sites (tertiary alicyclic amines) is 2. The Kier molecular flexibility index (Phi) is 5.43. The lowest BCUT2D eigenvalue weighted by Crippen LogP contribution is -2.47. The maximum absolute atomic E-state index is 12.5. The van der Waals surface area contributed by atoms with Crippen LogP contribution in [0.25, 0.3) is 0 Å². The van der Waals surface area contributed by atoms with Crippen LogP contribution in [0.5, 0.6) is 0 Å². The van der Waals surface area contributed by atoms with Crippen molar-refractivity contribution in [2.24, 2.45) is 11.8 Å². The first-order valence-corrected chi connectivity index (χ1v) is 9.04. The van der Waals surface area contributed by atoms with Gasteiger partial charge >= 0.3 is 12.0 Å². The van der Waals surface area contributed by atoms with E-state index in [-0.39, 0.29) is 49.7 Å². The highest BCUT2D eigenvalue weighted by Gasteiger charge is 2.32. The molecule has 0 radical (unpaired) electrons. The number of rotatable bonds is 4. The lowest BCUT2D eigenvalue weighted by Gasteiger charge is -2.34. The van der Waals surface area contributed by atoms with Gasteiger partial charge in [-0.2, -0.15) is 0 Å². The molecular weight excluding hydrogens is 350 g/mol. The zero-order chi connectivity index (χ0) is 19.6. The number of anilines is 1. The van der Waals surface area contributed by atoms with Gasteiger partial charge in [0.25, 0.3) is 0 Å². The maximum Gasteiger partial charge on any atom is 0.321 e. The number of aliphatic carboxylic acids is 1. The van der Waals surface area contributed by atoms with E-state index in [1.165, 1.54) is 9.80 Å². The molecule has 2 N–H and O–H groups in total. The average Bonchev–Trinajstić information content (AvgIpc) is 2.94. The Morgan fingerprint density at radius 2 is 1.74 bits per heavy atom. The molecule has 2 atom stereocenters. The Hall–Kier alpha value is -2.90. The standard InChI is InChI=1S/C19H23N3O5/c1-12-8-14(18(25)26)11-21(9-12)19(27)20-15-4-2-13(3-5-15)10-22-16(23)6-7-17(22)24/h2-5,12,14H,6-11H2,1H3,(H,20,27)(H,25,26). The molecule has 0 saturated carbocycles. The van der Waals surface area contributed by atoms with Gasteiger partial charge in [0.15, 0.2) is 0 Å².